The van der Waals surface area contributed by atoms with E-state index in [2.05, 4.69) is 4.98 Å². The van der Waals surface area contributed by atoms with Gasteiger partial charge in [-0.25, -0.2) is 4.98 Å². The molecule has 9 heteroatoms. The molecule has 29 heavy (non-hydrogen) atoms. The largest absolute Gasteiger partial charge is 0.466 e. The maximum Gasteiger partial charge on any atom is 0.306 e. The molecule has 156 valence electrons. The van der Waals surface area contributed by atoms with Crippen molar-refractivity contribution < 1.29 is 19.1 Å². The smallest absolute Gasteiger partial charge is 0.306 e. The number of carbonyl (C=O) groups excluding carboxylic acids is 2. The number of hydrogen-bond acceptors (Lipinski definition) is 7. The maximum absolute atomic E-state index is 13.0. The van der Waals surface area contributed by atoms with Gasteiger partial charge in [-0.15, -0.1) is 11.3 Å². The van der Waals surface area contributed by atoms with E-state index in [9.17, 15) is 14.4 Å². The fourth-order valence-corrected chi connectivity index (χ4v) is 5.16. The minimum atomic E-state index is -0.351. The number of ether oxygens (including phenoxy) is 2. The van der Waals surface area contributed by atoms with E-state index in [1.807, 2.05) is 0 Å². The lowest BCUT2D eigenvalue weighted by atomic mass is 10.0. The fraction of sp³-hybridized carbons (Fsp3) is 0.600. The van der Waals surface area contributed by atoms with Gasteiger partial charge in [0.15, 0.2) is 0 Å². The van der Waals surface area contributed by atoms with Gasteiger partial charge in [0, 0.05) is 24.4 Å². The molecule has 1 unspecified atom stereocenters. The molecule has 1 amide bonds. The molecule has 0 saturated carbocycles. The molecular weight excluding hydrogens is 394 g/mol. The third-order valence-corrected chi connectivity index (χ3v) is 6.58. The molecule has 0 radical (unpaired) electrons. The van der Waals surface area contributed by atoms with Crippen LogP contribution in [0.4, 0.5) is 0 Å². The van der Waals surface area contributed by atoms with Gasteiger partial charge < -0.3 is 14.4 Å². The van der Waals surface area contributed by atoms with Crippen LogP contribution in [0, 0.1) is 0 Å². The summed E-state index contributed by atoms with van der Waals surface area (Å²) in [5.74, 6) is -0.415. The molecule has 1 fully saturated rings. The Bertz CT molecular complexity index is 976. The topological polar surface area (TPSA) is 90.7 Å². The number of carbonyl (C=O) groups is 2. The van der Waals surface area contributed by atoms with E-state index in [1.165, 1.54) is 11.3 Å². The van der Waals surface area contributed by atoms with E-state index in [1.54, 1.807) is 22.7 Å². The standard InChI is InChI=1S/C20H25N3O5S/c1-2-27-17(25)6-5-16(24)22-8-7-14-15(11-22)29-19-18(14)20(26)23(12-21-19)10-13-4-3-9-28-13/h12-13H,2-11H2,1H3. The van der Waals surface area contributed by atoms with Crippen LogP contribution in [0.5, 0.6) is 0 Å². The first kappa shape index (κ1) is 20.0. The van der Waals surface area contributed by atoms with Gasteiger partial charge in [-0.2, -0.15) is 0 Å². The average molecular weight is 420 g/mol. The van der Waals surface area contributed by atoms with Gasteiger partial charge in [0.25, 0.3) is 5.56 Å². The van der Waals surface area contributed by atoms with Gasteiger partial charge in [0.2, 0.25) is 5.91 Å². The molecule has 1 saturated heterocycles. The quantitative estimate of drug-likeness (QED) is 0.664. The second-order valence-electron chi connectivity index (χ2n) is 7.39. The average Bonchev–Trinajstić information content (AvgIpc) is 3.35. The molecule has 1 atom stereocenters. The lowest BCUT2D eigenvalue weighted by molar-refractivity contribution is -0.145. The van der Waals surface area contributed by atoms with Crippen LogP contribution >= 0.6 is 11.3 Å². The molecule has 0 bridgehead atoms. The van der Waals surface area contributed by atoms with Crippen molar-refractivity contribution in [1.82, 2.24) is 14.5 Å². The molecule has 0 aliphatic carbocycles. The third kappa shape index (κ3) is 4.20. The van der Waals surface area contributed by atoms with Crippen molar-refractivity contribution in [2.75, 3.05) is 19.8 Å². The van der Waals surface area contributed by atoms with E-state index in [4.69, 9.17) is 9.47 Å². The molecular formula is C20H25N3O5S. The van der Waals surface area contributed by atoms with Crippen molar-refractivity contribution in [3.05, 3.63) is 27.1 Å². The molecule has 2 aromatic heterocycles. The number of nitrogens with zero attached hydrogens (tertiary/aromatic N) is 3. The summed E-state index contributed by atoms with van der Waals surface area (Å²) in [6, 6.07) is 0. The molecule has 0 aromatic carbocycles. The Kier molecular flexibility index (Phi) is 5.96. The SMILES string of the molecule is CCOC(=O)CCC(=O)N1CCc2c(sc3ncn(CC4CCCO4)c(=O)c23)C1. The predicted octanol–water partition coefficient (Wildman–Crippen LogP) is 1.86. The number of fused-ring (bicyclic) bond motifs is 3. The summed E-state index contributed by atoms with van der Waals surface area (Å²) in [6.07, 6.45) is 4.55. The maximum atomic E-state index is 13.0. The third-order valence-electron chi connectivity index (χ3n) is 5.45. The second-order valence-corrected chi connectivity index (χ2v) is 8.47. The van der Waals surface area contributed by atoms with E-state index in [0.717, 1.165) is 34.7 Å². The van der Waals surface area contributed by atoms with Crippen molar-refractivity contribution >= 4 is 33.4 Å². The Labute approximate surface area is 172 Å². The Balaban J connectivity index is 1.49. The molecule has 2 aliphatic rings. The summed E-state index contributed by atoms with van der Waals surface area (Å²) in [7, 11) is 0. The highest BCUT2D eigenvalue weighted by molar-refractivity contribution is 7.18. The summed E-state index contributed by atoms with van der Waals surface area (Å²) in [5.41, 5.74) is 0.990. The van der Waals surface area contributed by atoms with Gasteiger partial charge in [-0.1, -0.05) is 0 Å². The van der Waals surface area contributed by atoms with E-state index in [0.29, 0.717) is 38.0 Å². The van der Waals surface area contributed by atoms with Gasteiger partial charge >= 0.3 is 5.97 Å². The van der Waals surface area contributed by atoms with Crippen molar-refractivity contribution in [2.24, 2.45) is 0 Å². The molecule has 4 rings (SSSR count). The van der Waals surface area contributed by atoms with E-state index < -0.39 is 0 Å². The van der Waals surface area contributed by atoms with E-state index >= 15 is 0 Å². The number of hydrogen-bond donors (Lipinski definition) is 0. The zero-order chi connectivity index (χ0) is 20.4. The van der Waals surface area contributed by atoms with Crippen LogP contribution in [-0.4, -0.2) is 52.2 Å². The highest BCUT2D eigenvalue weighted by Crippen LogP contribution is 2.32. The Morgan fingerprint density at radius 2 is 2.24 bits per heavy atom. The Hall–Kier alpha value is -2.26. The number of esters is 1. The van der Waals surface area contributed by atoms with Crippen LogP contribution < -0.4 is 5.56 Å². The summed E-state index contributed by atoms with van der Waals surface area (Å²) >= 11 is 1.48. The van der Waals surface area contributed by atoms with Crippen LogP contribution in [0.3, 0.4) is 0 Å². The normalized spacial score (nSPS) is 18.8. The number of rotatable bonds is 6. The van der Waals surface area contributed by atoms with Gasteiger partial charge in [0.1, 0.15) is 4.83 Å². The lowest BCUT2D eigenvalue weighted by Crippen LogP contribution is -2.36. The highest BCUT2D eigenvalue weighted by atomic mass is 32.1. The molecule has 4 heterocycles. The van der Waals surface area contributed by atoms with Gasteiger partial charge in [-0.05, 0) is 31.7 Å². The van der Waals surface area contributed by atoms with Crippen molar-refractivity contribution in [3.63, 3.8) is 0 Å². The molecule has 8 nitrogen and oxygen atoms in total. The first-order chi connectivity index (χ1) is 14.1. The molecule has 2 aromatic rings. The molecule has 2 aliphatic heterocycles. The minimum absolute atomic E-state index is 0.0231. The van der Waals surface area contributed by atoms with Crippen LogP contribution in [0.1, 0.15) is 43.0 Å². The van der Waals surface area contributed by atoms with E-state index in [-0.39, 0.29) is 36.4 Å². The summed E-state index contributed by atoms with van der Waals surface area (Å²) in [4.78, 5) is 45.0. The van der Waals surface area contributed by atoms with Crippen molar-refractivity contribution in [1.29, 1.82) is 0 Å². The zero-order valence-corrected chi connectivity index (χ0v) is 17.3. The van der Waals surface area contributed by atoms with Gasteiger partial charge in [0.05, 0.1) is 43.9 Å². The van der Waals surface area contributed by atoms with Crippen LogP contribution in [-0.2, 0) is 38.6 Å². The highest BCUT2D eigenvalue weighted by Gasteiger charge is 2.27. The fourth-order valence-electron chi connectivity index (χ4n) is 3.97. The number of thiophene rings is 1. The van der Waals surface area contributed by atoms with Crippen LogP contribution in [0.2, 0.25) is 0 Å². The zero-order valence-electron chi connectivity index (χ0n) is 16.5. The first-order valence-electron chi connectivity index (χ1n) is 10.1. The molecule has 0 N–H and O–H groups in total. The van der Waals surface area contributed by atoms with Crippen LogP contribution in [0.15, 0.2) is 11.1 Å². The predicted molar refractivity (Wildman–Crippen MR) is 108 cm³/mol. The number of aromatic nitrogens is 2. The van der Waals surface area contributed by atoms with Crippen molar-refractivity contribution in [3.8, 4) is 0 Å². The minimum Gasteiger partial charge on any atom is -0.466 e. The Morgan fingerprint density at radius 1 is 1.38 bits per heavy atom. The second kappa shape index (κ2) is 8.62. The van der Waals surface area contributed by atoms with Crippen LogP contribution in [0.25, 0.3) is 10.2 Å². The Morgan fingerprint density at radius 3 is 3.00 bits per heavy atom. The lowest BCUT2D eigenvalue weighted by Gasteiger charge is -2.27. The number of amides is 1. The van der Waals surface area contributed by atoms with Gasteiger partial charge in [-0.3, -0.25) is 19.0 Å². The summed E-state index contributed by atoms with van der Waals surface area (Å²) in [5, 5.41) is 0.684. The monoisotopic (exact) mass is 419 g/mol. The summed E-state index contributed by atoms with van der Waals surface area (Å²) in [6.45, 7) is 4.35. The first-order valence-corrected chi connectivity index (χ1v) is 10.9. The molecule has 0 spiro atoms. The summed E-state index contributed by atoms with van der Waals surface area (Å²) < 4.78 is 12.2. The van der Waals surface area contributed by atoms with Crippen molar-refractivity contribution in [2.45, 2.75) is 58.2 Å².